The molecule has 0 aliphatic heterocycles. The molecule has 68 valence electrons. The topological polar surface area (TPSA) is 51.4 Å². The Kier molecular flexibility index (Phi) is 1.77. The molecule has 13 heavy (non-hydrogen) atoms. The highest BCUT2D eigenvalue weighted by Gasteiger charge is 2.05. The van der Waals surface area contributed by atoms with Crippen LogP contribution in [0.25, 0.3) is 11.5 Å². The van der Waals surface area contributed by atoms with Crippen LogP contribution in [0.4, 0.5) is 0 Å². The molecule has 2 aromatic heterocycles. The van der Waals surface area contributed by atoms with Gasteiger partial charge >= 0.3 is 0 Å². The van der Waals surface area contributed by atoms with Crippen LogP contribution in [0.5, 0.6) is 0 Å². The second-order valence-corrected chi connectivity index (χ2v) is 3.17. The Bertz CT molecular complexity index is 477. The lowest BCUT2D eigenvalue weighted by molar-refractivity contribution is 0.753. The van der Waals surface area contributed by atoms with Crippen LogP contribution >= 0.6 is 12.2 Å². The van der Waals surface area contributed by atoms with Crippen molar-refractivity contribution in [3.05, 3.63) is 17.3 Å². The molecule has 0 aliphatic rings. The van der Waals surface area contributed by atoms with Crippen molar-refractivity contribution in [3.63, 3.8) is 0 Å². The third-order valence-corrected chi connectivity index (χ3v) is 2.19. The van der Waals surface area contributed by atoms with Crippen LogP contribution in [0.2, 0.25) is 0 Å². The number of aryl methyl sites for hydroxylation is 2. The van der Waals surface area contributed by atoms with Crippen LogP contribution in [-0.4, -0.2) is 24.3 Å². The molecule has 2 heterocycles. The van der Waals surface area contributed by atoms with Gasteiger partial charge in [-0.15, -0.1) is 0 Å². The molecule has 0 unspecified atom stereocenters. The van der Waals surface area contributed by atoms with Crippen molar-refractivity contribution in [1.29, 1.82) is 0 Å². The van der Waals surface area contributed by atoms with Crippen LogP contribution in [0.3, 0.4) is 0 Å². The maximum atomic E-state index is 4.98. The van der Waals surface area contributed by atoms with Crippen LogP contribution in [0.15, 0.2) is 12.5 Å². The largest absolute Gasteiger partial charge is 0.331 e. The van der Waals surface area contributed by atoms with Gasteiger partial charge in [-0.1, -0.05) is 0 Å². The van der Waals surface area contributed by atoms with Gasteiger partial charge in [-0.05, 0) is 12.2 Å². The summed E-state index contributed by atoms with van der Waals surface area (Å²) < 4.78 is 4.11. The van der Waals surface area contributed by atoms with E-state index in [1.165, 1.54) is 0 Å². The molecule has 0 aromatic carbocycles. The van der Waals surface area contributed by atoms with Gasteiger partial charge in [-0.25, -0.2) is 4.98 Å². The van der Waals surface area contributed by atoms with Crippen LogP contribution < -0.4 is 0 Å². The number of H-pyrrole nitrogens is 1. The normalized spacial score (nSPS) is 10.6. The van der Waals surface area contributed by atoms with Gasteiger partial charge in [-0.3, -0.25) is 9.78 Å². The molecule has 6 heteroatoms. The van der Waals surface area contributed by atoms with E-state index in [1.54, 1.807) is 17.2 Å². The molecule has 0 atom stereocenters. The van der Waals surface area contributed by atoms with E-state index in [2.05, 4.69) is 15.1 Å². The first-order chi connectivity index (χ1) is 6.18. The molecule has 0 radical (unpaired) electrons. The zero-order chi connectivity index (χ0) is 9.42. The van der Waals surface area contributed by atoms with Crippen molar-refractivity contribution in [3.8, 4) is 11.5 Å². The summed E-state index contributed by atoms with van der Waals surface area (Å²) in [5, 5.41) is 3.03. The minimum Gasteiger partial charge on any atom is -0.331 e. The number of aromatic nitrogens is 5. The zero-order valence-corrected chi connectivity index (χ0v) is 8.17. The number of aromatic amines is 1. The van der Waals surface area contributed by atoms with Crippen LogP contribution in [0.1, 0.15) is 0 Å². The van der Waals surface area contributed by atoms with E-state index in [1.807, 2.05) is 18.7 Å². The minimum atomic E-state index is 0.538. The molecule has 0 fully saturated rings. The Hall–Kier alpha value is -1.43. The average molecular weight is 195 g/mol. The quantitative estimate of drug-likeness (QED) is 0.687. The number of rotatable bonds is 1. The van der Waals surface area contributed by atoms with Crippen molar-refractivity contribution in [2.24, 2.45) is 14.1 Å². The molecule has 2 aromatic rings. The van der Waals surface area contributed by atoms with Gasteiger partial charge in [0.15, 0.2) is 5.82 Å². The fraction of sp³-hybridized carbons (Fsp3) is 0.286. The summed E-state index contributed by atoms with van der Waals surface area (Å²) in [6.07, 6.45) is 3.47. The highest BCUT2D eigenvalue weighted by Crippen LogP contribution is 2.11. The fourth-order valence-corrected chi connectivity index (χ4v) is 1.24. The molecule has 0 saturated carbocycles. The molecular weight excluding hydrogens is 186 g/mol. The van der Waals surface area contributed by atoms with Crippen molar-refractivity contribution in [1.82, 2.24) is 24.3 Å². The molecule has 0 amide bonds. The second-order valence-electron chi connectivity index (χ2n) is 2.80. The molecular formula is C7H9N5S. The first kappa shape index (κ1) is 8.18. The van der Waals surface area contributed by atoms with Crippen molar-refractivity contribution in [2.45, 2.75) is 0 Å². The molecule has 0 saturated heterocycles. The predicted molar refractivity (Wildman–Crippen MR) is 50.6 cm³/mol. The Labute approximate surface area is 80.0 Å². The van der Waals surface area contributed by atoms with E-state index < -0.39 is 0 Å². The Morgan fingerprint density at radius 3 is 2.69 bits per heavy atom. The third kappa shape index (κ3) is 1.29. The summed E-state index contributed by atoms with van der Waals surface area (Å²) in [5.41, 5.74) is 0.923. The van der Waals surface area contributed by atoms with Gasteiger partial charge < -0.3 is 4.57 Å². The van der Waals surface area contributed by atoms with Crippen LogP contribution in [-0.2, 0) is 14.1 Å². The van der Waals surface area contributed by atoms with E-state index in [4.69, 9.17) is 12.2 Å². The average Bonchev–Trinajstić information content (AvgIpc) is 2.60. The summed E-state index contributed by atoms with van der Waals surface area (Å²) in [5.74, 6) is 0.743. The first-order valence-electron chi connectivity index (χ1n) is 3.78. The highest BCUT2D eigenvalue weighted by molar-refractivity contribution is 7.71. The number of nitrogens with zero attached hydrogens (tertiary/aromatic N) is 4. The van der Waals surface area contributed by atoms with E-state index in [0.29, 0.717) is 4.77 Å². The monoisotopic (exact) mass is 195 g/mol. The van der Waals surface area contributed by atoms with Gasteiger partial charge in [0.2, 0.25) is 4.77 Å². The fourth-order valence-electron chi connectivity index (χ4n) is 1.10. The van der Waals surface area contributed by atoms with Crippen molar-refractivity contribution >= 4 is 12.2 Å². The SMILES string of the molecule is Cn1cncc1-c1nc(=S)n(C)[nH]1. The summed E-state index contributed by atoms with van der Waals surface area (Å²) >= 11 is 4.98. The molecule has 0 bridgehead atoms. The number of hydrogen-bond acceptors (Lipinski definition) is 3. The predicted octanol–water partition coefficient (Wildman–Crippen LogP) is 0.878. The maximum Gasteiger partial charge on any atom is 0.216 e. The van der Waals surface area contributed by atoms with Gasteiger partial charge in [0.05, 0.1) is 12.5 Å². The smallest absolute Gasteiger partial charge is 0.216 e. The lowest BCUT2D eigenvalue weighted by Gasteiger charge is -1.95. The first-order valence-corrected chi connectivity index (χ1v) is 4.19. The van der Waals surface area contributed by atoms with Gasteiger partial charge in [-0.2, -0.15) is 4.98 Å². The third-order valence-electron chi connectivity index (χ3n) is 1.83. The van der Waals surface area contributed by atoms with Gasteiger partial charge in [0, 0.05) is 14.1 Å². The standard InChI is InChI=1S/C7H9N5S/c1-11-4-8-3-5(11)6-9-7(13)12(2)10-6/h3-4H,1-2H3,(H,9,10,13). The molecule has 1 N–H and O–H groups in total. The Morgan fingerprint density at radius 2 is 2.23 bits per heavy atom. The maximum absolute atomic E-state index is 4.98. The molecule has 2 rings (SSSR count). The second kappa shape index (κ2) is 2.81. The van der Waals surface area contributed by atoms with E-state index >= 15 is 0 Å². The van der Waals surface area contributed by atoms with E-state index in [-0.39, 0.29) is 0 Å². The van der Waals surface area contributed by atoms with Gasteiger partial charge in [0.25, 0.3) is 0 Å². The van der Waals surface area contributed by atoms with Gasteiger partial charge in [0.1, 0.15) is 5.69 Å². The van der Waals surface area contributed by atoms with E-state index in [9.17, 15) is 0 Å². The Balaban J connectivity index is 2.59. The zero-order valence-electron chi connectivity index (χ0n) is 7.35. The summed E-state index contributed by atoms with van der Waals surface area (Å²) in [6, 6.07) is 0. The van der Waals surface area contributed by atoms with Crippen molar-refractivity contribution in [2.75, 3.05) is 0 Å². The summed E-state index contributed by atoms with van der Waals surface area (Å²) in [4.78, 5) is 8.17. The molecule has 0 spiro atoms. The lowest BCUT2D eigenvalue weighted by Crippen LogP contribution is -1.93. The van der Waals surface area contributed by atoms with E-state index in [0.717, 1.165) is 11.5 Å². The molecule has 5 nitrogen and oxygen atoms in total. The molecule has 0 aliphatic carbocycles. The van der Waals surface area contributed by atoms with Crippen LogP contribution in [0, 0.1) is 4.77 Å². The van der Waals surface area contributed by atoms with Crippen molar-refractivity contribution < 1.29 is 0 Å². The number of nitrogens with one attached hydrogen (secondary N) is 1. The minimum absolute atomic E-state index is 0.538. The highest BCUT2D eigenvalue weighted by atomic mass is 32.1. The number of hydrogen-bond donors (Lipinski definition) is 1. The Morgan fingerprint density at radius 1 is 1.46 bits per heavy atom. The summed E-state index contributed by atoms with van der Waals surface area (Å²) in [7, 11) is 3.74. The summed E-state index contributed by atoms with van der Waals surface area (Å²) in [6.45, 7) is 0. The lowest BCUT2D eigenvalue weighted by atomic mass is 10.4. The number of imidazole rings is 1.